The maximum absolute atomic E-state index is 2.28. The third-order valence-corrected chi connectivity index (χ3v) is 15.3. The fourth-order valence-corrected chi connectivity index (χ4v) is 10.7. The minimum absolute atomic E-state index is 1.24. The van der Waals surface area contributed by atoms with Gasteiger partial charge in [0.25, 0.3) is 0 Å². The van der Waals surface area contributed by atoms with Gasteiger partial charge in [-0.15, -0.1) is 0 Å². The maximum atomic E-state index is 2.28. The van der Waals surface area contributed by atoms with Crippen molar-refractivity contribution in [3.8, 4) is 89.5 Å². The summed E-state index contributed by atoms with van der Waals surface area (Å²) in [5, 5.41) is 0. The molecule has 0 aliphatic rings. The van der Waals surface area contributed by atoms with E-state index in [1.165, 1.54) is 123 Å². The van der Waals surface area contributed by atoms with Crippen molar-refractivity contribution in [3.63, 3.8) is 0 Å². The first-order valence-corrected chi connectivity index (χ1v) is 28.3. The summed E-state index contributed by atoms with van der Waals surface area (Å²) >= 11 is 0. The van der Waals surface area contributed by atoms with Crippen LogP contribution in [0.3, 0.4) is 0 Å². The molecule has 0 amide bonds. The summed E-state index contributed by atoms with van der Waals surface area (Å²) in [4.78, 5) is 0. The largest absolute Gasteiger partial charge is 0.212 e. The molecule has 0 saturated carbocycles. The van der Waals surface area contributed by atoms with Crippen LogP contribution in [0.2, 0.25) is 0 Å². The predicted molar refractivity (Wildman–Crippen MR) is 342 cm³/mol. The van der Waals surface area contributed by atoms with Crippen LogP contribution in [0.25, 0.3) is 89.5 Å². The van der Waals surface area contributed by atoms with E-state index in [9.17, 15) is 0 Å². The first-order chi connectivity index (χ1) is 39.8. The topological polar surface area (TPSA) is 15.5 Å². The fourth-order valence-electron chi connectivity index (χ4n) is 10.7. The molecule has 0 aliphatic heterocycles. The molecule has 0 bridgehead atoms. The predicted octanol–water partition coefficient (Wildman–Crippen LogP) is 17.2. The third-order valence-electron chi connectivity index (χ3n) is 15.3. The molecule has 8 aromatic carbocycles. The average Bonchev–Trinajstić information content (AvgIpc) is 3.64. The first kappa shape index (κ1) is 57.1. The zero-order chi connectivity index (χ0) is 57.5. The second kappa shape index (κ2) is 27.0. The van der Waals surface area contributed by atoms with Crippen LogP contribution in [0.5, 0.6) is 0 Å². The van der Waals surface area contributed by atoms with Gasteiger partial charge >= 0.3 is 0 Å². The Balaban J connectivity index is 0.000000132. The van der Waals surface area contributed by atoms with Gasteiger partial charge in [0.2, 0.25) is 22.8 Å². The van der Waals surface area contributed by atoms with Gasteiger partial charge in [0.15, 0.2) is 24.8 Å². The van der Waals surface area contributed by atoms with Crippen molar-refractivity contribution < 1.29 is 18.3 Å². The molecule has 404 valence electrons. The van der Waals surface area contributed by atoms with E-state index in [-0.39, 0.29) is 0 Å². The molecule has 4 aromatic heterocycles. The van der Waals surface area contributed by atoms with Crippen molar-refractivity contribution in [3.05, 3.63) is 313 Å². The normalized spacial score (nSPS) is 10.6. The van der Waals surface area contributed by atoms with Gasteiger partial charge in [0, 0.05) is 69.8 Å². The second-order valence-corrected chi connectivity index (χ2v) is 21.3. The van der Waals surface area contributed by atoms with E-state index in [4.69, 9.17) is 0 Å². The number of hydrogen-bond donors (Lipinski definition) is 0. The van der Waals surface area contributed by atoms with E-state index in [1.807, 2.05) is 0 Å². The van der Waals surface area contributed by atoms with Gasteiger partial charge in [-0.2, -0.15) is 0 Å². The van der Waals surface area contributed by atoms with Crippen LogP contribution >= 0.6 is 0 Å². The summed E-state index contributed by atoms with van der Waals surface area (Å²) in [6.07, 6.45) is 8.63. The molecule has 0 unspecified atom stereocenters. The van der Waals surface area contributed by atoms with Crippen molar-refractivity contribution in [1.29, 1.82) is 0 Å². The SMILES string of the molecule is Cc1cc(-c2ccccc2)ccc1-c1cccc[n+]1C.Cc1cc(-c2ccccc2C)[n+](C)cc1-c1ccccc1.Cc1cc(-c2ccccc2C)[n+](C)cc1-c1ccccc1.Cc1ccc(-c2ccccc2)cc1-c1cccc[n+]1C. The van der Waals surface area contributed by atoms with Crippen LogP contribution in [0.15, 0.2) is 280 Å². The Morgan fingerprint density at radius 1 is 0.195 bits per heavy atom. The molecule has 12 rings (SSSR count). The summed E-state index contributed by atoms with van der Waals surface area (Å²) < 4.78 is 8.76. The highest BCUT2D eigenvalue weighted by Gasteiger charge is 2.19. The lowest BCUT2D eigenvalue weighted by Crippen LogP contribution is -2.31. The third kappa shape index (κ3) is 13.8. The Bertz CT molecular complexity index is 3940. The van der Waals surface area contributed by atoms with E-state index in [0.29, 0.717) is 0 Å². The molecule has 0 aliphatic carbocycles. The molecular formula is C78H76N4+4. The van der Waals surface area contributed by atoms with Gasteiger partial charge in [0.05, 0.1) is 0 Å². The van der Waals surface area contributed by atoms with Gasteiger partial charge in [-0.3, -0.25) is 0 Å². The molecule has 0 N–H and O–H groups in total. The van der Waals surface area contributed by atoms with Gasteiger partial charge in [-0.25, -0.2) is 18.3 Å². The van der Waals surface area contributed by atoms with E-state index < -0.39 is 0 Å². The number of aromatic nitrogens is 4. The molecule has 12 aromatic rings. The van der Waals surface area contributed by atoms with Gasteiger partial charge in [0.1, 0.15) is 28.2 Å². The average molecular weight is 1070 g/mol. The monoisotopic (exact) mass is 1070 g/mol. The fraction of sp³-hybridized carbons (Fsp3) is 0.128. The Hall–Kier alpha value is -9.64. The van der Waals surface area contributed by atoms with Crippen LogP contribution in [0.1, 0.15) is 33.4 Å². The van der Waals surface area contributed by atoms with Crippen molar-refractivity contribution in [1.82, 2.24) is 0 Å². The minimum atomic E-state index is 1.24. The van der Waals surface area contributed by atoms with Gasteiger partial charge in [-0.1, -0.05) is 182 Å². The number of pyridine rings is 4. The highest BCUT2D eigenvalue weighted by Crippen LogP contribution is 2.31. The molecule has 0 spiro atoms. The lowest BCUT2D eigenvalue weighted by Gasteiger charge is -2.09. The Labute approximate surface area is 487 Å². The Morgan fingerprint density at radius 3 is 0.939 bits per heavy atom. The van der Waals surface area contributed by atoms with E-state index in [1.54, 1.807) is 0 Å². The molecule has 4 heteroatoms. The number of aryl methyl sites for hydroxylation is 10. The molecule has 0 atom stereocenters. The maximum Gasteiger partial charge on any atom is 0.212 e. The van der Waals surface area contributed by atoms with Crippen LogP contribution in [0, 0.1) is 41.5 Å². The number of benzene rings is 8. The van der Waals surface area contributed by atoms with Crippen molar-refractivity contribution in [2.75, 3.05) is 0 Å². The highest BCUT2D eigenvalue weighted by atomic mass is 14.9. The summed E-state index contributed by atoms with van der Waals surface area (Å²) in [6, 6.07) is 89.7. The molecule has 0 saturated heterocycles. The van der Waals surface area contributed by atoms with Gasteiger partial charge < -0.3 is 0 Å². The van der Waals surface area contributed by atoms with Crippen LogP contribution < -0.4 is 18.3 Å². The van der Waals surface area contributed by atoms with Gasteiger partial charge in [-0.05, 0) is 145 Å². The minimum Gasteiger partial charge on any atom is -0.201 e. The molecule has 4 nitrogen and oxygen atoms in total. The van der Waals surface area contributed by atoms with E-state index in [0.717, 1.165) is 0 Å². The van der Waals surface area contributed by atoms with Crippen LogP contribution in [0.4, 0.5) is 0 Å². The van der Waals surface area contributed by atoms with Crippen molar-refractivity contribution in [2.45, 2.75) is 41.5 Å². The van der Waals surface area contributed by atoms with E-state index >= 15 is 0 Å². The zero-order valence-corrected chi connectivity index (χ0v) is 49.3. The lowest BCUT2D eigenvalue weighted by molar-refractivity contribution is -0.660. The Morgan fingerprint density at radius 2 is 0.524 bits per heavy atom. The number of nitrogens with zero attached hydrogens (tertiary/aromatic N) is 4. The lowest BCUT2D eigenvalue weighted by atomic mass is 9.97. The summed E-state index contributed by atoms with van der Waals surface area (Å²) in [6.45, 7) is 13.0. The first-order valence-electron chi connectivity index (χ1n) is 28.3. The molecule has 0 radical (unpaired) electrons. The molecule has 82 heavy (non-hydrogen) atoms. The molecule has 0 fully saturated rings. The quantitative estimate of drug-likeness (QED) is 0.135. The Kier molecular flexibility index (Phi) is 18.8. The summed E-state index contributed by atoms with van der Waals surface area (Å²) in [5.74, 6) is 0. The zero-order valence-electron chi connectivity index (χ0n) is 49.3. The van der Waals surface area contributed by atoms with Crippen LogP contribution in [-0.4, -0.2) is 0 Å². The molecule has 4 heterocycles. The second-order valence-electron chi connectivity index (χ2n) is 21.3. The van der Waals surface area contributed by atoms with Crippen LogP contribution in [-0.2, 0) is 28.2 Å². The van der Waals surface area contributed by atoms with Crippen molar-refractivity contribution in [2.24, 2.45) is 28.2 Å². The van der Waals surface area contributed by atoms with E-state index in [2.05, 4.69) is 368 Å². The smallest absolute Gasteiger partial charge is 0.201 e. The van der Waals surface area contributed by atoms with Crippen molar-refractivity contribution >= 4 is 0 Å². The summed E-state index contributed by atoms with van der Waals surface area (Å²) in [5.41, 5.74) is 28.1. The standard InChI is InChI=1S/2C20H20N.2C19H18N/c2*1-15-9-7-8-12-18(15)20-13-16(2)19(14-21(20)3)17-10-5-4-6-11-17;1-15-14-17(16-8-4-3-5-9-16)11-12-18(15)19-10-6-7-13-20(19)2;1-15-11-12-17(16-8-4-3-5-9-16)14-18(15)19-10-6-7-13-20(19)2/h2*4-14H,1-3H3;2*3-14H,1-2H3/q4*+1. The molecular weight excluding hydrogens is 993 g/mol. The number of rotatable bonds is 8. The number of hydrogen-bond acceptors (Lipinski definition) is 0. The summed E-state index contributed by atoms with van der Waals surface area (Å²) in [7, 11) is 8.41. The highest BCUT2D eigenvalue weighted by molar-refractivity contribution is 5.74.